The second-order valence-corrected chi connectivity index (χ2v) is 2.40. The summed E-state index contributed by atoms with van der Waals surface area (Å²) in [6, 6.07) is 7.16. The fourth-order valence-electron chi connectivity index (χ4n) is 0.839. The Balaban J connectivity index is 2.73. The van der Waals surface area contributed by atoms with Gasteiger partial charge in [-0.3, -0.25) is 0 Å². The quantitative estimate of drug-likeness (QED) is 0.683. The lowest BCUT2D eigenvalue weighted by Crippen LogP contribution is -1.69. The summed E-state index contributed by atoms with van der Waals surface area (Å²) in [7, 11) is 0. The summed E-state index contributed by atoms with van der Waals surface area (Å²) in [5, 5.41) is 8.96. The van der Waals surface area contributed by atoms with E-state index in [4.69, 9.17) is 5.11 Å². The molecule has 0 aliphatic heterocycles. The topological polar surface area (TPSA) is 20.2 Å². The van der Waals surface area contributed by atoms with E-state index in [1.165, 1.54) is 0 Å². The Hall–Kier alpha value is -1.24. The number of rotatable bonds is 2. The van der Waals surface area contributed by atoms with Crippen molar-refractivity contribution < 1.29 is 5.11 Å². The first kappa shape index (κ1) is 7.86. The third-order valence-corrected chi connectivity index (χ3v) is 1.44. The van der Waals surface area contributed by atoms with E-state index >= 15 is 0 Å². The Kier molecular flexibility index (Phi) is 2.73. The highest BCUT2D eigenvalue weighted by atomic mass is 16.3. The van der Waals surface area contributed by atoms with Crippen LogP contribution in [0.2, 0.25) is 0 Å². The average molecular weight is 148 g/mol. The molecule has 0 saturated heterocycles. The van der Waals surface area contributed by atoms with E-state index in [1.807, 2.05) is 18.2 Å². The van der Waals surface area contributed by atoms with Crippen LogP contribution >= 0.6 is 0 Å². The van der Waals surface area contributed by atoms with Crippen LogP contribution in [0.1, 0.15) is 18.9 Å². The highest BCUT2D eigenvalue weighted by Crippen LogP contribution is 2.10. The van der Waals surface area contributed by atoms with Crippen LogP contribution in [-0.2, 0) is 0 Å². The minimum Gasteiger partial charge on any atom is -0.508 e. The molecule has 0 saturated carbocycles. The lowest BCUT2D eigenvalue weighted by Gasteiger charge is -1.92. The number of phenols is 1. The Morgan fingerprint density at radius 2 is 1.91 bits per heavy atom. The highest BCUT2D eigenvalue weighted by Gasteiger charge is 1.85. The molecule has 0 unspecified atom stereocenters. The molecule has 1 rings (SSSR count). The molecule has 11 heavy (non-hydrogen) atoms. The van der Waals surface area contributed by atoms with Crippen LogP contribution in [0.4, 0.5) is 0 Å². The zero-order valence-electron chi connectivity index (χ0n) is 6.62. The molecule has 0 amide bonds. The molecule has 0 radical (unpaired) electrons. The van der Waals surface area contributed by atoms with Crippen molar-refractivity contribution in [3.05, 3.63) is 35.9 Å². The number of benzene rings is 1. The van der Waals surface area contributed by atoms with Gasteiger partial charge in [0.15, 0.2) is 0 Å². The van der Waals surface area contributed by atoms with Crippen LogP contribution in [0.15, 0.2) is 30.3 Å². The highest BCUT2D eigenvalue weighted by molar-refractivity contribution is 5.50. The molecule has 0 fully saturated rings. The third kappa shape index (κ3) is 2.46. The molecule has 0 heterocycles. The van der Waals surface area contributed by atoms with E-state index in [0.717, 1.165) is 12.0 Å². The predicted octanol–water partition coefficient (Wildman–Crippen LogP) is 2.82. The van der Waals surface area contributed by atoms with E-state index in [2.05, 4.69) is 13.0 Å². The molecule has 58 valence electrons. The van der Waals surface area contributed by atoms with Crippen molar-refractivity contribution in [1.29, 1.82) is 0 Å². The predicted molar refractivity (Wildman–Crippen MR) is 47.4 cm³/mol. The van der Waals surface area contributed by atoms with Gasteiger partial charge in [0, 0.05) is 0 Å². The zero-order chi connectivity index (χ0) is 8.10. The SMILES string of the molecule is CCC=Cc1ccc(O)cc1. The van der Waals surface area contributed by atoms with Crippen molar-refractivity contribution in [3.8, 4) is 5.75 Å². The summed E-state index contributed by atoms with van der Waals surface area (Å²) < 4.78 is 0. The normalized spacial score (nSPS) is 10.6. The molecule has 1 aromatic carbocycles. The van der Waals surface area contributed by atoms with Gasteiger partial charge in [-0.05, 0) is 24.1 Å². The van der Waals surface area contributed by atoms with Crippen molar-refractivity contribution in [2.75, 3.05) is 0 Å². The molecule has 0 aliphatic rings. The Morgan fingerprint density at radius 1 is 1.27 bits per heavy atom. The minimum atomic E-state index is 0.318. The Labute approximate surface area is 67.0 Å². The number of hydrogen-bond donors (Lipinski definition) is 1. The van der Waals surface area contributed by atoms with E-state index < -0.39 is 0 Å². The van der Waals surface area contributed by atoms with Gasteiger partial charge in [-0.1, -0.05) is 31.2 Å². The van der Waals surface area contributed by atoms with Crippen LogP contribution in [0.25, 0.3) is 6.08 Å². The van der Waals surface area contributed by atoms with Crippen LogP contribution < -0.4 is 0 Å². The fourth-order valence-corrected chi connectivity index (χ4v) is 0.839. The largest absolute Gasteiger partial charge is 0.508 e. The maximum atomic E-state index is 8.96. The van der Waals surface area contributed by atoms with E-state index in [1.54, 1.807) is 12.1 Å². The van der Waals surface area contributed by atoms with Gasteiger partial charge in [0.05, 0.1) is 0 Å². The Morgan fingerprint density at radius 3 is 2.45 bits per heavy atom. The first-order valence-corrected chi connectivity index (χ1v) is 3.78. The van der Waals surface area contributed by atoms with Crippen molar-refractivity contribution >= 4 is 6.08 Å². The first-order chi connectivity index (χ1) is 5.33. The van der Waals surface area contributed by atoms with E-state index in [0.29, 0.717) is 5.75 Å². The van der Waals surface area contributed by atoms with Gasteiger partial charge in [-0.2, -0.15) is 0 Å². The summed E-state index contributed by atoms with van der Waals surface area (Å²) >= 11 is 0. The van der Waals surface area contributed by atoms with Gasteiger partial charge in [0.25, 0.3) is 0 Å². The fraction of sp³-hybridized carbons (Fsp3) is 0.200. The van der Waals surface area contributed by atoms with Gasteiger partial charge in [0.1, 0.15) is 5.75 Å². The standard InChI is InChI=1S/C10H12O/c1-2-3-4-9-5-7-10(11)8-6-9/h3-8,11H,2H2,1H3. The summed E-state index contributed by atoms with van der Waals surface area (Å²) in [6.07, 6.45) is 5.17. The van der Waals surface area contributed by atoms with Gasteiger partial charge >= 0.3 is 0 Å². The monoisotopic (exact) mass is 148 g/mol. The summed E-state index contributed by atoms with van der Waals surface area (Å²) in [5.41, 5.74) is 1.13. The molecule has 1 N–H and O–H groups in total. The van der Waals surface area contributed by atoms with Gasteiger partial charge in [0.2, 0.25) is 0 Å². The van der Waals surface area contributed by atoms with Gasteiger partial charge < -0.3 is 5.11 Å². The molecular weight excluding hydrogens is 136 g/mol. The molecule has 1 nitrogen and oxygen atoms in total. The molecule has 0 atom stereocenters. The van der Waals surface area contributed by atoms with Gasteiger partial charge in [-0.15, -0.1) is 0 Å². The maximum Gasteiger partial charge on any atom is 0.115 e. The smallest absolute Gasteiger partial charge is 0.115 e. The molecular formula is C10H12O. The van der Waals surface area contributed by atoms with Crippen molar-refractivity contribution in [2.45, 2.75) is 13.3 Å². The molecule has 0 bridgehead atoms. The number of allylic oxidation sites excluding steroid dienone is 1. The maximum absolute atomic E-state index is 8.96. The lowest BCUT2D eigenvalue weighted by atomic mass is 10.2. The van der Waals surface area contributed by atoms with Gasteiger partial charge in [-0.25, -0.2) is 0 Å². The summed E-state index contributed by atoms with van der Waals surface area (Å²) in [5.74, 6) is 0.318. The third-order valence-electron chi connectivity index (χ3n) is 1.44. The summed E-state index contributed by atoms with van der Waals surface area (Å²) in [6.45, 7) is 2.09. The Bertz CT molecular complexity index is 234. The van der Waals surface area contributed by atoms with Crippen LogP contribution in [-0.4, -0.2) is 5.11 Å². The minimum absolute atomic E-state index is 0.318. The van der Waals surface area contributed by atoms with E-state index in [9.17, 15) is 0 Å². The molecule has 0 spiro atoms. The molecule has 1 heteroatoms. The zero-order valence-corrected chi connectivity index (χ0v) is 6.62. The van der Waals surface area contributed by atoms with Crippen LogP contribution in [0.5, 0.6) is 5.75 Å². The number of phenolic OH excluding ortho intramolecular Hbond substituents is 1. The van der Waals surface area contributed by atoms with Crippen LogP contribution in [0, 0.1) is 0 Å². The molecule has 1 aromatic rings. The van der Waals surface area contributed by atoms with Crippen molar-refractivity contribution in [1.82, 2.24) is 0 Å². The number of hydrogen-bond acceptors (Lipinski definition) is 1. The molecule has 0 aliphatic carbocycles. The summed E-state index contributed by atoms with van der Waals surface area (Å²) in [4.78, 5) is 0. The van der Waals surface area contributed by atoms with Crippen LogP contribution in [0.3, 0.4) is 0 Å². The second kappa shape index (κ2) is 3.81. The van der Waals surface area contributed by atoms with E-state index in [-0.39, 0.29) is 0 Å². The van der Waals surface area contributed by atoms with Crippen molar-refractivity contribution in [2.24, 2.45) is 0 Å². The number of aromatic hydroxyl groups is 1. The lowest BCUT2D eigenvalue weighted by molar-refractivity contribution is 0.475. The molecule has 0 aromatic heterocycles. The van der Waals surface area contributed by atoms with Crippen molar-refractivity contribution in [3.63, 3.8) is 0 Å². The second-order valence-electron chi connectivity index (χ2n) is 2.40. The first-order valence-electron chi connectivity index (χ1n) is 3.78. The average Bonchev–Trinajstić information content (AvgIpc) is 2.04.